The van der Waals surface area contributed by atoms with Crippen LogP contribution in [0.3, 0.4) is 0 Å². The van der Waals surface area contributed by atoms with Gasteiger partial charge in [-0.3, -0.25) is 4.79 Å². The summed E-state index contributed by atoms with van der Waals surface area (Å²) in [6.07, 6.45) is -4.68. The molecule has 0 fully saturated rings. The van der Waals surface area contributed by atoms with Crippen LogP contribution in [0.25, 0.3) is 0 Å². The number of carbonyl (C=O) groups is 2. The first-order valence-electron chi connectivity index (χ1n) is 6.85. The lowest BCUT2D eigenvalue weighted by Crippen LogP contribution is -2.12. The maximum absolute atomic E-state index is 13.0. The van der Waals surface area contributed by atoms with Crippen molar-refractivity contribution in [1.29, 1.82) is 0 Å². The van der Waals surface area contributed by atoms with Crippen LogP contribution < -0.4 is 4.74 Å². The van der Waals surface area contributed by atoms with Gasteiger partial charge in [-0.2, -0.15) is 13.2 Å². The van der Waals surface area contributed by atoms with E-state index in [2.05, 4.69) is 0 Å². The van der Waals surface area contributed by atoms with Crippen LogP contribution in [0.2, 0.25) is 0 Å². The number of benzene rings is 2. The normalized spacial score (nSPS) is 11.2. The Morgan fingerprint density at radius 3 is 2.42 bits per heavy atom. The van der Waals surface area contributed by atoms with E-state index in [1.54, 1.807) is 6.07 Å². The van der Waals surface area contributed by atoms with Gasteiger partial charge in [-0.05, 0) is 42.8 Å². The zero-order chi connectivity index (χ0) is 17.9. The van der Waals surface area contributed by atoms with Crippen molar-refractivity contribution in [1.82, 2.24) is 0 Å². The van der Waals surface area contributed by atoms with E-state index in [1.165, 1.54) is 24.3 Å². The van der Waals surface area contributed by atoms with E-state index in [1.807, 2.05) is 0 Å². The van der Waals surface area contributed by atoms with Gasteiger partial charge in [0, 0.05) is 5.56 Å². The average molecular weight is 338 g/mol. The minimum Gasteiger partial charge on any atom is -0.489 e. The van der Waals surface area contributed by atoms with E-state index in [0.717, 1.165) is 19.1 Å². The summed E-state index contributed by atoms with van der Waals surface area (Å²) in [7, 11) is 0. The molecule has 24 heavy (non-hydrogen) atoms. The number of carbonyl (C=O) groups excluding carboxylic acids is 1. The molecule has 7 heteroatoms. The lowest BCUT2D eigenvalue weighted by atomic mass is 10.0. The Balaban J connectivity index is 2.23. The van der Waals surface area contributed by atoms with Gasteiger partial charge in [-0.25, -0.2) is 4.79 Å². The third-order valence-electron chi connectivity index (χ3n) is 3.26. The number of aromatic carboxylic acids is 1. The van der Waals surface area contributed by atoms with Crippen molar-refractivity contribution in [2.75, 3.05) is 0 Å². The minimum absolute atomic E-state index is 0.0546. The number of ketones is 1. The number of hydrogen-bond donors (Lipinski definition) is 1. The Kier molecular flexibility index (Phi) is 4.92. The van der Waals surface area contributed by atoms with Crippen molar-refractivity contribution in [3.8, 4) is 5.75 Å². The van der Waals surface area contributed by atoms with Gasteiger partial charge in [0.2, 0.25) is 0 Å². The summed E-state index contributed by atoms with van der Waals surface area (Å²) < 4.78 is 44.4. The van der Waals surface area contributed by atoms with Crippen LogP contribution in [0.15, 0.2) is 42.5 Å². The maximum atomic E-state index is 13.0. The fourth-order valence-corrected chi connectivity index (χ4v) is 2.12. The fourth-order valence-electron chi connectivity index (χ4n) is 2.12. The SMILES string of the molecule is CC(=O)c1ccc(OCc2cccc(C(=O)O)c2)cc1C(F)(F)F. The topological polar surface area (TPSA) is 63.6 Å². The molecular weight excluding hydrogens is 325 g/mol. The van der Waals surface area contributed by atoms with Gasteiger partial charge < -0.3 is 9.84 Å². The van der Waals surface area contributed by atoms with E-state index in [9.17, 15) is 22.8 Å². The smallest absolute Gasteiger partial charge is 0.417 e. The van der Waals surface area contributed by atoms with E-state index in [0.29, 0.717) is 5.56 Å². The Morgan fingerprint density at radius 2 is 1.83 bits per heavy atom. The second-order valence-electron chi connectivity index (χ2n) is 5.06. The molecule has 0 aliphatic carbocycles. The Labute approximate surface area is 135 Å². The molecule has 2 aromatic rings. The van der Waals surface area contributed by atoms with Crippen LogP contribution in [0.4, 0.5) is 13.2 Å². The highest BCUT2D eigenvalue weighted by Crippen LogP contribution is 2.34. The second kappa shape index (κ2) is 6.74. The minimum atomic E-state index is -4.68. The van der Waals surface area contributed by atoms with E-state index >= 15 is 0 Å². The zero-order valence-corrected chi connectivity index (χ0v) is 12.6. The van der Waals surface area contributed by atoms with Gasteiger partial charge in [0.05, 0.1) is 11.1 Å². The molecule has 0 radical (unpaired) electrons. The number of halogens is 3. The lowest BCUT2D eigenvalue weighted by molar-refractivity contribution is -0.138. The van der Waals surface area contributed by atoms with Crippen LogP contribution >= 0.6 is 0 Å². The molecule has 0 aliphatic rings. The Morgan fingerprint density at radius 1 is 1.12 bits per heavy atom. The monoisotopic (exact) mass is 338 g/mol. The molecule has 1 N–H and O–H groups in total. The van der Waals surface area contributed by atoms with E-state index in [-0.39, 0.29) is 17.9 Å². The lowest BCUT2D eigenvalue weighted by Gasteiger charge is -2.13. The van der Waals surface area contributed by atoms with Gasteiger partial charge in [0.15, 0.2) is 5.78 Å². The van der Waals surface area contributed by atoms with Gasteiger partial charge in [0.25, 0.3) is 0 Å². The summed E-state index contributed by atoms with van der Waals surface area (Å²) in [6.45, 7) is 0.959. The molecule has 0 amide bonds. The first-order valence-corrected chi connectivity index (χ1v) is 6.85. The molecule has 0 bridgehead atoms. The summed E-state index contributed by atoms with van der Waals surface area (Å²) >= 11 is 0. The number of carboxylic acids is 1. The molecule has 0 aromatic heterocycles. The first kappa shape index (κ1) is 17.5. The molecule has 0 spiro atoms. The van der Waals surface area contributed by atoms with Gasteiger partial charge in [-0.1, -0.05) is 12.1 Å². The predicted octanol–water partition coefficient (Wildman–Crippen LogP) is 4.19. The highest BCUT2D eigenvalue weighted by Gasteiger charge is 2.34. The highest BCUT2D eigenvalue weighted by molar-refractivity contribution is 5.96. The number of alkyl halides is 3. The van der Waals surface area contributed by atoms with Crippen LogP contribution in [-0.4, -0.2) is 16.9 Å². The number of Topliss-reactive ketones (excluding diaryl/α,β-unsaturated/α-hetero) is 1. The van der Waals surface area contributed by atoms with Crippen molar-refractivity contribution in [3.63, 3.8) is 0 Å². The van der Waals surface area contributed by atoms with Crippen molar-refractivity contribution >= 4 is 11.8 Å². The van der Waals surface area contributed by atoms with Gasteiger partial charge >= 0.3 is 12.1 Å². The molecular formula is C17H13F3O4. The third kappa shape index (κ3) is 4.13. The number of rotatable bonds is 5. The largest absolute Gasteiger partial charge is 0.489 e. The molecule has 2 rings (SSSR count). The fraction of sp³-hybridized carbons (Fsp3) is 0.176. The quantitative estimate of drug-likeness (QED) is 0.831. The molecule has 4 nitrogen and oxygen atoms in total. The summed E-state index contributed by atoms with van der Waals surface area (Å²) in [5, 5.41) is 8.91. The van der Waals surface area contributed by atoms with Crippen molar-refractivity contribution in [2.45, 2.75) is 19.7 Å². The Bertz CT molecular complexity index is 782. The van der Waals surface area contributed by atoms with E-state index < -0.39 is 29.1 Å². The predicted molar refractivity (Wildman–Crippen MR) is 79.2 cm³/mol. The number of carboxylic acid groups (broad SMARTS) is 1. The number of hydrogen-bond acceptors (Lipinski definition) is 3. The van der Waals surface area contributed by atoms with Crippen LogP contribution in [0.5, 0.6) is 5.75 Å². The highest BCUT2D eigenvalue weighted by atomic mass is 19.4. The van der Waals surface area contributed by atoms with Crippen molar-refractivity contribution in [2.24, 2.45) is 0 Å². The maximum Gasteiger partial charge on any atom is 0.417 e. The van der Waals surface area contributed by atoms with Gasteiger partial charge in [0.1, 0.15) is 12.4 Å². The Hall–Kier alpha value is -2.83. The molecule has 126 valence electrons. The molecule has 0 unspecified atom stereocenters. The third-order valence-corrected chi connectivity index (χ3v) is 3.26. The standard InChI is InChI=1S/C17H13F3O4/c1-10(21)14-6-5-13(8-15(14)17(18,19)20)24-9-11-3-2-4-12(7-11)16(22)23/h2-8H,9H2,1H3,(H,22,23). The molecule has 0 atom stereocenters. The van der Waals surface area contributed by atoms with Crippen molar-refractivity contribution < 1.29 is 32.6 Å². The van der Waals surface area contributed by atoms with Crippen LogP contribution in [-0.2, 0) is 12.8 Å². The molecule has 0 saturated carbocycles. The van der Waals surface area contributed by atoms with E-state index in [4.69, 9.17) is 9.84 Å². The van der Waals surface area contributed by atoms with Crippen molar-refractivity contribution in [3.05, 3.63) is 64.7 Å². The molecule has 0 heterocycles. The van der Waals surface area contributed by atoms with Gasteiger partial charge in [-0.15, -0.1) is 0 Å². The summed E-state index contributed by atoms with van der Waals surface area (Å²) in [5.74, 6) is -1.86. The molecule has 2 aromatic carbocycles. The average Bonchev–Trinajstić information content (AvgIpc) is 2.52. The first-order chi connectivity index (χ1) is 11.2. The zero-order valence-electron chi connectivity index (χ0n) is 12.6. The summed E-state index contributed by atoms with van der Waals surface area (Å²) in [4.78, 5) is 22.2. The summed E-state index contributed by atoms with van der Waals surface area (Å²) in [6, 6.07) is 8.98. The molecule has 0 saturated heterocycles. The van der Waals surface area contributed by atoms with Crippen LogP contribution in [0.1, 0.15) is 38.8 Å². The second-order valence-corrected chi connectivity index (χ2v) is 5.06. The number of ether oxygens (including phenoxy) is 1. The summed E-state index contributed by atoms with van der Waals surface area (Å²) in [5.41, 5.74) is -0.937. The molecule has 0 aliphatic heterocycles. The van der Waals surface area contributed by atoms with Crippen LogP contribution in [0, 0.1) is 0 Å².